The van der Waals surface area contributed by atoms with E-state index in [0.29, 0.717) is 24.7 Å². The van der Waals surface area contributed by atoms with Crippen LogP contribution >= 0.6 is 0 Å². The maximum absolute atomic E-state index is 11.9. The van der Waals surface area contributed by atoms with Crippen molar-refractivity contribution in [3.8, 4) is 0 Å². The maximum atomic E-state index is 11.9. The van der Waals surface area contributed by atoms with Crippen molar-refractivity contribution in [2.24, 2.45) is 5.92 Å². The van der Waals surface area contributed by atoms with Gasteiger partial charge in [-0.25, -0.2) is 0 Å². The van der Waals surface area contributed by atoms with E-state index in [4.69, 9.17) is 4.74 Å². The van der Waals surface area contributed by atoms with Gasteiger partial charge < -0.3 is 4.74 Å². The number of fused-ring (bicyclic) bond motifs is 1. The number of allylic oxidation sites excluding steroid dienone is 1. The second-order valence-corrected chi connectivity index (χ2v) is 5.18. The predicted molar refractivity (Wildman–Crippen MR) is 70.3 cm³/mol. The largest absolute Gasteiger partial charge is 0.376 e. The maximum Gasteiger partial charge on any atom is 0.159 e. The second kappa shape index (κ2) is 5.07. The predicted octanol–water partition coefficient (Wildman–Crippen LogP) is 2.93. The highest BCUT2D eigenvalue weighted by Gasteiger charge is 2.35. The van der Waals surface area contributed by atoms with Crippen LogP contribution in [0.25, 0.3) is 0 Å². The average Bonchev–Trinajstić information content (AvgIpc) is 2.93. The van der Waals surface area contributed by atoms with Crippen molar-refractivity contribution in [2.75, 3.05) is 13.2 Å². The minimum atomic E-state index is 0.367. The van der Waals surface area contributed by atoms with Crippen molar-refractivity contribution in [1.29, 1.82) is 0 Å². The molecule has 1 fully saturated rings. The first-order chi connectivity index (χ1) is 8.84. The number of rotatable bonds is 4. The van der Waals surface area contributed by atoms with Crippen molar-refractivity contribution in [3.63, 3.8) is 0 Å². The van der Waals surface area contributed by atoms with Crippen LogP contribution in [0.4, 0.5) is 0 Å². The van der Waals surface area contributed by atoms with Crippen molar-refractivity contribution in [3.05, 3.63) is 47.0 Å². The van der Waals surface area contributed by atoms with Crippen molar-refractivity contribution in [1.82, 2.24) is 0 Å². The van der Waals surface area contributed by atoms with E-state index >= 15 is 0 Å². The molecule has 3 rings (SSSR count). The highest BCUT2D eigenvalue weighted by molar-refractivity contribution is 5.99. The topological polar surface area (TPSA) is 26.3 Å². The summed E-state index contributed by atoms with van der Waals surface area (Å²) in [4.78, 5) is 11.9. The Morgan fingerprint density at radius 2 is 2.00 bits per heavy atom. The van der Waals surface area contributed by atoms with E-state index < -0.39 is 0 Å². The summed E-state index contributed by atoms with van der Waals surface area (Å²) in [6.45, 7) is 1.44. The minimum Gasteiger partial charge on any atom is -0.376 e. The third kappa shape index (κ3) is 2.25. The van der Waals surface area contributed by atoms with E-state index in [2.05, 4.69) is 24.3 Å². The molecule has 1 aromatic rings. The van der Waals surface area contributed by atoms with E-state index in [9.17, 15) is 4.79 Å². The Morgan fingerprint density at radius 1 is 1.17 bits per heavy atom. The monoisotopic (exact) mass is 242 g/mol. The summed E-state index contributed by atoms with van der Waals surface area (Å²) in [7, 11) is 0. The first-order valence-corrected chi connectivity index (χ1v) is 6.71. The normalized spacial score (nSPS) is 22.7. The SMILES string of the molecule is O=C1CC2COCC2=C1CCCc1ccccc1. The molecule has 1 saturated heterocycles. The zero-order chi connectivity index (χ0) is 12.4. The summed E-state index contributed by atoms with van der Waals surface area (Å²) in [5, 5.41) is 0. The fraction of sp³-hybridized carbons (Fsp3) is 0.438. The van der Waals surface area contributed by atoms with Gasteiger partial charge in [-0.3, -0.25) is 4.79 Å². The molecular weight excluding hydrogens is 224 g/mol. The average molecular weight is 242 g/mol. The molecule has 2 nitrogen and oxygen atoms in total. The van der Waals surface area contributed by atoms with E-state index in [1.54, 1.807) is 0 Å². The third-order valence-electron chi connectivity index (χ3n) is 3.96. The lowest BCUT2D eigenvalue weighted by molar-refractivity contribution is -0.115. The molecule has 0 radical (unpaired) electrons. The first-order valence-electron chi connectivity index (χ1n) is 6.71. The Balaban J connectivity index is 1.60. The molecule has 0 bridgehead atoms. The molecular formula is C16H18O2. The summed E-state index contributed by atoms with van der Waals surface area (Å²) in [5.41, 5.74) is 3.73. The van der Waals surface area contributed by atoms with Crippen LogP contribution in [0.15, 0.2) is 41.5 Å². The lowest BCUT2D eigenvalue weighted by Crippen LogP contribution is -2.02. The van der Waals surface area contributed by atoms with Crippen molar-refractivity contribution in [2.45, 2.75) is 25.7 Å². The van der Waals surface area contributed by atoms with Crippen LogP contribution in [-0.2, 0) is 16.0 Å². The van der Waals surface area contributed by atoms with Crippen LogP contribution in [0.5, 0.6) is 0 Å². The lowest BCUT2D eigenvalue weighted by atomic mass is 10.0. The molecule has 94 valence electrons. The van der Waals surface area contributed by atoms with Crippen LogP contribution in [-0.4, -0.2) is 19.0 Å². The quantitative estimate of drug-likeness (QED) is 0.811. The van der Waals surface area contributed by atoms with E-state index in [-0.39, 0.29) is 0 Å². The van der Waals surface area contributed by atoms with Gasteiger partial charge in [-0.2, -0.15) is 0 Å². The van der Waals surface area contributed by atoms with Gasteiger partial charge in [0.2, 0.25) is 0 Å². The molecule has 2 heteroatoms. The number of carbonyl (C=O) groups is 1. The van der Waals surface area contributed by atoms with Crippen LogP contribution in [0.1, 0.15) is 24.8 Å². The van der Waals surface area contributed by atoms with Crippen LogP contribution in [0.3, 0.4) is 0 Å². The summed E-state index contributed by atoms with van der Waals surface area (Å²) in [6, 6.07) is 10.5. The number of aryl methyl sites for hydroxylation is 1. The standard InChI is InChI=1S/C16H18O2/c17-16-9-13-10-18-11-15(13)14(16)8-4-7-12-5-2-1-3-6-12/h1-3,5-6,13H,4,7-11H2. The van der Waals surface area contributed by atoms with Crippen LogP contribution in [0.2, 0.25) is 0 Å². The lowest BCUT2D eigenvalue weighted by Gasteiger charge is -2.04. The molecule has 1 aliphatic heterocycles. The Kier molecular flexibility index (Phi) is 3.28. The Hall–Kier alpha value is -1.41. The third-order valence-corrected chi connectivity index (χ3v) is 3.96. The summed E-state index contributed by atoms with van der Waals surface area (Å²) in [5.74, 6) is 0.774. The van der Waals surface area contributed by atoms with Gasteiger partial charge in [-0.1, -0.05) is 30.3 Å². The summed E-state index contributed by atoms with van der Waals surface area (Å²) >= 11 is 0. The van der Waals surface area contributed by atoms with Gasteiger partial charge in [-0.15, -0.1) is 0 Å². The molecule has 1 aromatic carbocycles. The molecule has 0 saturated carbocycles. The number of ether oxygens (including phenoxy) is 1. The van der Waals surface area contributed by atoms with Crippen molar-refractivity contribution >= 4 is 5.78 Å². The Morgan fingerprint density at radius 3 is 2.83 bits per heavy atom. The zero-order valence-electron chi connectivity index (χ0n) is 10.5. The highest BCUT2D eigenvalue weighted by atomic mass is 16.5. The fourth-order valence-electron chi connectivity index (χ4n) is 2.99. The molecule has 0 aromatic heterocycles. The first kappa shape index (κ1) is 11.7. The minimum absolute atomic E-state index is 0.367. The number of benzene rings is 1. The molecule has 0 spiro atoms. The Labute approximate surface area is 108 Å². The number of carbonyl (C=O) groups excluding carboxylic acids is 1. The number of ketones is 1. The van der Waals surface area contributed by atoms with E-state index in [1.807, 2.05) is 6.07 Å². The fourth-order valence-corrected chi connectivity index (χ4v) is 2.99. The van der Waals surface area contributed by atoms with Gasteiger partial charge in [0.1, 0.15) is 0 Å². The van der Waals surface area contributed by atoms with Gasteiger partial charge in [0, 0.05) is 12.3 Å². The molecule has 0 amide bonds. The highest BCUT2D eigenvalue weighted by Crippen LogP contribution is 2.36. The van der Waals surface area contributed by atoms with Gasteiger partial charge in [0.05, 0.1) is 13.2 Å². The van der Waals surface area contributed by atoms with E-state index in [0.717, 1.165) is 31.4 Å². The van der Waals surface area contributed by atoms with Gasteiger partial charge in [-0.05, 0) is 36.0 Å². The summed E-state index contributed by atoms with van der Waals surface area (Å²) in [6.07, 6.45) is 3.72. The molecule has 18 heavy (non-hydrogen) atoms. The molecule has 1 unspecified atom stereocenters. The second-order valence-electron chi connectivity index (χ2n) is 5.18. The Bertz CT molecular complexity index is 473. The molecule has 0 N–H and O–H groups in total. The van der Waals surface area contributed by atoms with Crippen LogP contribution in [0, 0.1) is 5.92 Å². The molecule has 1 heterocycles. The summed E-state index contributed by atoms with van der Waals surface area (Å²) < 4.78 is 5.44. The van der Waals surface area contributed by atoms with Gasteiger partial charge >= 0.3 is 0 Å². The van der Waals surface area contributed by atoms with Crippen molar-refractivity contribution < 1.29 is 9.53 Å². The smallest absolute Gasteiger partial charge is 0.159 e. The van der Waals surface area contributed by atoms with E-state index in [1.165, 1.54) is 11.1 Å². The van der Waals surface area contributed by atoms with Gasteiger partial charge in [0.15, 0.2) is 5.78 Å². The number of hydrogen-bond donors (Lipinski definition) is 0. The number of hydrogen-bond acceptors (Lipinski definition) is 2. The molecule has 1 aliphatic carbocycles. The molecule has 2 aliphatic rings. The van der Waals surface area contributed by atoms with Crippen LogP contribution < -0.4 is 0 Å². The number of Topliss-reactive ketones (excluding diaryl/α,β-unsaturated/α-hetero) is 1. The zero-order valence-corrected chi connectivity index (χ0v) is 10.5. The molecule has 1 atom stereocenters. The van der Waals surface area contributed by atoms with Gasteiger partial charge in [0.25, 0.3) is 0 Å².